The minimum Gasteiger partial charge on any atom is -0.393 e. The Labute approximate surface area is 173 Å². The van der Waals surface area contributed by atoms with Crippen molar-refractivity contribution in [1.29, 1.82) is 0 Å². The largest absolute Gasteiger partial charge is 0.393 e. The van der Waals surface area contributed by atoms with Crippen LogP contribution in [-0.4, -0.2) is 11.2 Å². The molecule has 0 heterocycles. The molecule has 0 amide bonds. The molecule has 4 aliphatic rings. The Kier molecular flexibility index (Phi) is 5.45. The molecule has 3 fully saturated rings. The lowest BCUT2D eigenvalue weighted by Gasteiger charge is -2.55. The van der Waals surface area contributed by atoms with Crippen molar-refractivity contribution < 1.29 is 5.11 Å². The van der Waals surface area contributed by atoms with Crippen LogP contribution in [0.2, 0.25) is 0 Å². The van der Waals surface area contributed by atoms with E-state index in [-0.39, 0.29) is 6.10 Å². The van der Waals surface area contributed by atoms with Crippen molar-refractivity contribution in [2.45, 2.75) is 92.1 Å². The monoisotopic (exact) mass is 382 g/mol. The van der Waals surface area contributed by atoms with Crippen LogP contribution in [0.3, 0.4) is 0 Å². The van der Waals surface area contributed by atoms with Gasteiger partial charge in [-0.2, -0.15) is 0 Å². The molecule has 0 aromatic heterocycles. The Morgan fingerprint density at radius 3 is 2.57 bits per heavy atom. The van der Waals surface area contributed by atoms with E-state index in [9.17, 15) is 5.11 Å². The van der Waals surface area contributed by atoms with Gasteiger partial charge in [0.2, 0.25) is 0 Å². The summed E-state index contributed by atoms with van der Waals surface area (Å²) in [6, 6.07) is 0. The van der Waals surface area contributed by atoms with Crippen LogP contribution >= 0.6 is 0 Å². The number of allylic oxidation sites excluding steroid dienone is 5. The molecule has 0 aromatic carbocycles. The number of aliphatic hydroxyl groups excluding tert-OH is 1. The minimum atomic E-state index is -0.113. The molecule has 1 N–H and O–H groups in total. The van der Waals surface area contributed by atoms with E-state index in [1.54, 1.807) is 5.57 Å². The fourth-order valence-electron chi connectivity index (χ4n) is 7.59. The average molecular weight is 383 g/mol. The van der Waals surface area contributed by atoms with Gasteiger partial charge in [0.1, 0.15) is 0 Å². The van der Waals surface area contributed by atoms with Gasteiger partial charge in [0, 0.05) is 0 Å². The molecule has 7 atom stereocenters. The third-order valence-corrected chi connectivity index (χ3v) is 9.30. The second kappa shape index (κ2) is 7.46. The maximum absolute atomic E-state index is 10.2. The normalized spacial score (nSPS) is 44.0. The Bertz CT molecular complexity index is 682. The molecule has 0 aliphatic heterocycles. The fourth-order valence-corrected chi connectivity index (χ4v) is 7.59. The molecule has 4 aliphatic carbocycles. The number of hydrogen-bond donors (Lipinski definition) is 1. The van der Waals surface area contributed by atoms with Crippen molar-refractivity contribution in [3.63, 3.8) is 0 Å². The fraction of sp³-hybridized carbons (Fsp3) is 0.778. The van der Waals surface area contributed by atoms with Crippen LogP contribution in [-0.2, 0) is 0 Å². The molecule has 4 rings (SSSR count). The molecule has 0 aromatic rings. The Hall–Kier alpha value is -0.820. The van der Waals surface area contributed by atoms with Crippen molar-refractivity contribution >= 4 is 0 Å². The molecule has 0 radical (unpaired) electrons. The topological polar surface area (TPSA) is 20.2 Å². The highest BCUT2D eigenvalue weighted by Gasteiger charge is 2.56. The van der Waals surface area contributed by atoms with Crippen molar-refractivity contribution in [3.05, 3.63) is 35.5 Å². The molecule has 0 saturated heterocycles. The summed E-state index contributed by atoms with van der Waals surface area (Å²) in [5, 5.41) is 10.2. The highest BCUT2D eigenvalue weighted by atomic mass is 16.3. The zero-order chi connectivity index (χ0) is 20.1. The van der Waals surface area contributed by atoms with Gasteiger partial charge in [-0.15, -0.1) is 0 Å². The number of hydrogen-bond acceptors (Lipinski definition) is 1. The summed E-state index contributed by atoms with van der Waals surface area (Å²) in [6.07, 6.45) is 19.6. The highest BCUT2D eigenvalue weighted by molar-refractivity contribution is 5.39. The van der Waals surface area contributed by atoms with E-state index in [0.717, 1.165) is 36.5 Å². The Morgan fingerprint density at radius 1 is 1.04 bits per heavy atom. The maximum Gasteiger partial charge on any atom is 0.0578 e. The van der Waals surface area contributed by atoms with Crippen LogP contribution < -0.4 is 0 Å². The minimum absolute atomic E-state index is 0.113. The summed E-state index contributed by atoms with van der Waals surface area (Å²) < 4.78 is 0. The SMILES string of the molecule is CC(C)C/C=C/C(C)[C@H]1CCC2C3=CC=C4C[C@@H](O)CC[C@]4(C)C3CC[C@@]21C. The second-order valence-electron chi connectivity index (χ2n) is 11.4. The van der Waals surface area contributed by atoms with E-state index in [0.29, 0.717) is 16.7 Å². The van der Waals surface area contributed by atoms with E-state index >= 15 is 0 Å². The van der Waals surface area contributed by atoms with Gasteiger partial charge in [-0.1, -0.05) is 70.1 Å². The molecular weight excluding hydrogens is 340 g/mol. The lowest BCUT2D eigenvalue weighted by molar-refractivity contribution is 0.0383. The molecular formula is C27H42O. The van der Waals surface area contributed by atoms with Gasteiger partial charge in [-0.3, -0.25) is 0 Å². The summed E-state index contributed by atoms with van der Waals surface area (Å²) in [5.74, 6) is 3.78. The van der Waals surface area contributed by atoms with E-state index in [1.807, 2.05) is 0 Å². The van der Waals surface area contributed by atoms with Gasteiger partial charge in [-0.25, -0.2) is 0 Å². The summed E-state index contributed by atoms with van der Waals surface area (Å²) in [6.45, 7) is 12.2. The number of aliphatic hydroxyl groups is 1. The van der Waals surface area contributed by atoms with Crippen LogP contribution in [0.1, 0.15) is 86.0 Å². The van der Waals surface area contributed by atoms with E-state index < -0.39 is 0 Å². The van der Waals surface area contributed by atoms with Crippen molar-refractivity contribution in [2.75, 3.05) is 0 Å². The van der Waals surface area contributed by atoms with E-state index in [4.69, 9.17) is 0 Å². The van der Waals surface area contributed by atoms with Gasteiger partial charge in [0.05, 0.1) is 6.10 Å². The molecule has 3 saturated carbocycles. The first-order chi connectivity index (χ1) is 13.3. The van der Waals surface area contributed by atoms with Crippen molar-refractivity contribution in [1.82, 2.24) is 0 Å². The molecule has 1 heteroatoms. The van der Waals surface area contributed by atoms with Gasteiger partial charge in [0.15, 0.2) is 0 Å². The van der Waals surface area contributed by atoms with E-state index in [1.165, 1.54) is 44.1 Å². The smallest absolute Gasteiger partial charge is 0.0578 e. The second-order valence-corrected chi connectivity index (χ2v) is 11.4. The molecule has 0 spiro atoms. The Balaban J connectivity index is 1.57. The van der Waals surface area contributed by atoms with E-state index in [2.05, 4.69) is 58.9 Å². The van der Waals surface area contributed by atoms with Crippen LogP contribution in [0.4, 0.5) is 0 Å². The van der Waals surface area contributed by atoms with Gasteiger partial charge in [-0.05, 0) is 91.8 Å². The third-order valence-electron chi connectivity index (χ3n) is 9.30. The van der Waals surface area contributed by atoms with Crippen molar-refractivity contribution in [3.8, 4) is 0 Å². The molecule has 28 heavy (non-hydrogen) atoms. The van der Waals surface area contributed by atoms with Crippen molar-refractivity contribution in [2.24, 2.45) is 40.4 Å². The molecule has 156 valence electrons. The molecule has 0 bridgehead atoms. The third kappa shape index (κ3) is 3.26. The van der Waals surface area contributed by atoms with Crippen LogP contribution in [0.5, 0.6) is 0 Å². The lowest BCUT2D eigenvalue weighted by Crippen LogP contribution is -2.46. The predicted molar refractivity (Wildman–Crippen MR) is 119 cm³/mol. The molecule has 1 nitrogen and oxygen atoms in total. The molecule has 3 unspecified atom stereocenters. The summed E-state index contributed by atoms with van der Waals surface area (Å²) >= 11 is 0. The first kappa shape index (κ1) is 20.5. The number of fused-ring (bicyclic) bond motifs is 5. The van der Waals surface area contributed by atoms with Gasteiger partial charge >= 0.3 is 0 Å². The summed E-state index contributed by atoms with van der Waals surface area (Å²) in [5.41, 5.74) is 4.09. The number of rotatable bonds is 4. The first-order valence-electron chi connectivity index (χ1n) is 12.0. The standard InChI is InChI=1S/C27H42O/c1-18(2)7-6-8-19(3)23-11-12-24-22-10-9-20-17-21(28)13-15-26(20,4)25(22)14-16-27(23,24)5/h6,8-10,18-19,21,23-25,28H,7,11-17H2,1-5H3/b8-6+/t19?,21-,23+,24?,25?,26-,27+/m0/s1. The zero-order valence-electron chi connectivity index (χ0n) is 18.9. The quantitative estimate of drug-likeness (QED) is 0.515. The predicted octanol–water partition coefficient (Wildman–Crippen LogP) is 7.08. The van der Waals surface area contributed by atoms with Crippen LogP contribution in [0, 0.1) is 40.4 Å². The highest BCUT2D eigenvalue weighted by Crippen LogP contribution is 2.65. The Morgan fingerprint density at radius 2 is 1.82 bits per heavy atom. The maximum atomic E-state index is 10.2. The van der Waals surface area contributed by atoms with Gasteiger partial charge in [0.25, 0.3) is 0 Å². The van der Waals surface area contributed by atoms with Crippen LogP contribution in [0.25, 0.3) is 0 Å². The lowest BCUT2D eigenvalue weighted by atomic mass is 9.50. The summed E-state index contributed by atoms with van der Waals surface area (Å²) in [7, 11) is 0. The zero-order valence-corrected chi connectivity index (χ0v) is 18.9. The average Bonchev–Trinajstić information content (AvgIpc) is 2.99. The van der Waals surface area contributed by atoms with Gasteiger partial charge < -0.3 is 5.11 Å². The summed E-state index contributed by atoms with van der Waals surface area (Å²) in [4.78, 5) is 0. The van der Waals surface area contributed by atoms with Crippen LogP contribution in [0.15, 0.2) is 35.5 Å². The first-order valence-corrected chi connectivity index (χ1v) is 12.0.